The first-order chi connectivity index (χ1) is 13.6. The van der Waals surface area contributed by atoms with Crippen molar-refractivity contribution in [1.29, 1.82) is 0 Å². The number of carbonyl (C=O) groups is 1. The van der Waals surface area contributed by atoms with E-state index in [-0.39, 0.29) is 17.2 Å². The lowest BCUT2D eigenvalue weighted by atomic mass is 9.88. The summed E-state index contributed by atoms with van der Waals surface area (Å²) in [6.45, 7) is -2.58. The fourth-order valence-corrected chi connectivity index (χ4v) is 3.17. The van der Waals surface area contributed by atoms with Crippen molar-refractivity contribution in [3.8, 4) is 5.75 Å². The van der Waals surface area contributed by atoms with E-state index in [2.05, 4.69) is 34.3 Å². The maximum absolute atomic E-state index is 12.5. The molecule has 0 heterocycles. The predicted octanol–water partition coefficient (Wildman–Crippen LogP) is 5.24. The van der Waals surface area contributed by atoms with Crippen LogP contribution in [0.1, 0.15) is 33.8 Å². The van der Waals surface area contributed by atoms with Crippen LogP contribution in [0.4, 0.5) is 8.78 Å². The lowest BCUT2D eigenvalue weighted by Crippen LogP contribution is -2.26. The Labute approximate surface area is 163 Å². The van der Waals surface area contributed by atoms with E-state index in [4.69, 9.17) is 0 Å². The van der Waals surface area contributed by atoms with Crippen LogP contribution in [0.5, 0.6) is 5.75 Å². The van der Waals surface area contributed by atoms with E-state index in [0.717, 1.165) is 11.1 Å². The second-order valence-electron chi connectivity index (χ2n) is 6.29. The summed E-state index contributed by atoms with van der Waals surface area (Å²) in [7, 11) is 0. The Morgan fingerprint density at radius 2 is 1.36 bits per heavy atom. The summed E-state index contributed by atoms with van der Waals surface area (Å²) in [5.74, 6) is -0.441. The number of halogens is 2. The first kappa shape index (κ1) is 19.5. The normalized spacial score (nSPS) is 10.9. The molecule has 3 nitrogen and oxygen atoms in total. The Kier molecular flexibility index (Phi) is 6.73. The summed E-state index contributed by atoms with van der Waals surface area (Å²) in [5, 5.41) is 2.82. The van der Waals surface area contributed by atoms with Gasteiger partial charge in [-0.15, -0.1) is 0 Å². The van der Waals surface area contributed by atoms with Crippen molar-refractivity contribution in [2.75, 3.05) is 6.54 Å². The van der Waals surface area contributed by atoms with Crippen molar-refractivity contribution in [2.45, 2.75) is 19.0 Å². The third-order valence-electron chi connectivity index (χ3n) is 4.47. The van der Waals surface area contributed by atoms with Crippen LogP contribution >= 0.6 is 0 Å². The molecule has 0 bridgehead atoms. The molecule has 28 heavy (non-hydrogen) atoms. The number of nitrogens with one attached hydrogen (secondary N) is 1. The van der Waals surface area contributed by atoms with Gasteiger partial charge in [-0.1, -0.05) is 72.8 Å². The maximum atomic E-state index is 12.5. The smallest absolute Gasteiger partial charge is 0.387 e. The van der Waals surface area contributed by atoms with Crippen molar-refractivity contribution < 1.29 is 18.3 Å². The summed E-state index contributed by atoms with van der Waals surface area (Å²) in [5.41, 5.74) is 2.41. The Bertz CT molecular complexity index is 846. The number of ether oxygens (including phenoxy) is 1. The lowest BCUT2D eigenvalue weighted by molar-refractivity contribution is -0.0501. The van der Waals surface area contributed by atoms with Crippen LogP contribution in [0.15, 0.2) is 84.9 Å². The molecule has 144 valence electrons. The third-order valence-corrected chi connectivity index (χ3v) is 4.47. The van der Waals surface area contributed by atoms with E-state index in [9.17, 15) is 13.6 Å². The van der Waals surface area contributed by atoms with E-state index in [0.29, 0.717) is 13.0 Å². The molecule has 0 unspecified atom stereocenters. The number of alkyl halides is 2. The second kappa shape index (κ2) is 9.65. The van der Waals surface area contributed by atoms with E-state index < -0.39 is 12.5 Å². The summed E-state index contributed by atoms with van der Waals surface area (Å²) in [4.78, 5) is 12.5. The maximum Gasteiger partial charge on any atom is 0.387 e. The van der Waals surface area contributed by atoms with Crippen molar-refractivity contribution in [3.05, 3.63) is 102 Å². The molecule has 5 heteroatoms. The summed E-state index contributed by atoms with van der Waals surface area (Å²) >= 11 is 0. The molecule has 0 fully saturated rings. The lowest BCUT2D eigenvalue weighted by Gasteiger charge is -2.19. The van der Waals surface area contributed by atoms with E-state index >= 15 is 0 Å². The van der Waals surface area contributed by atoms with Gasteiger partial charge in [-0.2, -0.15) is 8.78 Å². The van der Waals surface area contributed by atoms with Gasteiger partial charge in [0.2, 0.25) is 0 Å². The minimum atomic E-state index is -2.98. The molecule has 0 aliphatic heterocycles. The van der Waals surface area contributed by atoms with Crippen LogP contribution in [0.3, 0.4) is 0 Å². The molecule has 0 atom stereocenters. The average molecular weight is 381 g/mol. The van der Waals surface area contributed by atoms with Crippen LogP contribution in [0.2, 0.25) is 0 Å². The number of amides is 1. The molecule has 3 aromatic carbocycles. The molecule has 0 saturated heterocycles. The molecule has 0 saturated carbocycles. The SMILES string of the molecule is O=C(NCCC(c1ccccc1)c1ccccc1)c1ccccc1OC(F)F. The number of hydrogen-bond donors (Lipinski definition) is 1. The highest BCUT2D eigenvalue weighted by Crippen LogP contribution is 2.27. The topological polar surface area (TPSA) is 38.3 Å². The quantitative estimate of drug-likeness (QED) is 0.579. The van der Waals surface area contributed by atoms with Crippen LogP contribution < -0.4 is 10.1 Å². The van der Waals surface area contributed by atoms with E-state index in [1.807, 2.05) is 36.4 Å². The van der Waals surface area contributed by atoms with Crippen molar-refractivity contribution >= 4 is 5.91 Å². The number of para-hydroxylation sites is 1. The minimum Gasteiger partial charge on any atom is -0.434 e. The highest BCUT2D eigenvalue weighted by molar-refractivity contribution is 5.96. The second-order valence-corrected chi connectivity index (χ2v) is 6.29. The molecule has 3 rings (SSSR count). The average Bonchev–Trinajstić information content (AvgIpc) is 2.72. The van der Waals surface area contributed by atoms with Crippen LogP contribution in [-0.2, 0) is 0 Å². The van der Waals surface area contributed by atoms with Gasteiger partial charge in [0.25, 0.3) is 5.91 Å². The molecule has 0 aliphatic rings. The Hall–Kier alpha value is -3.21. The zero-order chi connectivity index (χ0) is 19.8. The first-order valence-electron chi connectivity index (χ1n) is 9.07. The summed E-state index contributed by atoms with van der Waals surface area (Å²) in [6, 6.07) is 26.1. The van der Waals surface area contributed by atoms with Crippen molar-refractivity contribution in [3.63, 3.8) is 0 Å². The van der Waals surface area contributed by atoms with Gasteiger partial charge in [0.1, 0.15) is 5.75 Å². The highest BCUT2D eigenvalue weighted by Gasteiger charge is 2.17. The molecule has 0 spiro atoms. The van der Waals surface area contributed by atoms with Gasteiger partial charge in [-0.25, -0.2) is 0 Å². The molecule has 1 amide bonds. The molecule has 0 radical (unpaired) electrons. The summed E-state index contributed by atoms with van der Waals surface area (Å²) in [6.07, 6.45) is 0.678. The summed E-state index contributed by atoms with van der Waals surface area (Å²) < 4.78 is 29.5. The predicted molar refractivity (Wildman–Crippen MR) is 105 cm³/mol. The first-order valence-corrected chi connectivity index (χ1v) is 9.07. The van der Waals surface area contributed by atoms with Gasteiger partial charge in [0.15, 0.2) is 0 Å². The number of carbonyl (C=O) groups excluding carboxylic acids is 1. The highest BCUT2D eigenvalue weighted by atomic mass is 19.3. The molecular formula is C23H21F2NO2. The van der Waals surface area contributed by atoms with Gasteiger partial charge in [0.05, 0.1) is 5.56 Å². The molecule has 0 aliphatic carbocycles. The Morgan fingerprint density at radius 1 is 0.821 bits per heavy atom. The minimum absolute atomic E-state index is 0.0961. The van der Waals surface area contributed by atoms with E-state index in [1.54, 1.807) is 12.1 Å². The Morgan fingerprint density at radius 3 is 1.93 bits per heavy atom. The number of rotatable bonds is 8. The van der Waals surface area contributed by atoms with Gasteiger partial charge in [0, 0.05) is 12.5 Å². The monoisotopic (exact) mass is 381 g/mol. The third kappa shape index (κ3) is 5.16. The number of benzene rings is 3. The molecule has 1 N–H and O–H groups in total. The molecule has 0 aromatic heterocycles. The van der Waals surface area contributed by atoms with Crippen molar-refractivity contribution in [1.82, 2.24) is 5.32 Å². The van der Waals surface area contributed by atoms with Gasteiger partial charge in [-0.3, -0.25) is 4.79 Å². The Balaban J connectivity index is 1.69. The van der Waals surface area contributed by atoms with Crippen LogP contribution in [0.25, 0.3) is 0 Å². The zero-order valence-electron chi connectivity index (χ0n) is 15.2. The molecular weight excluding hydrogens is 360 g/mol. The standard InChI is InChI=1S/C23H21F2NO2/c24-23(25)28-21-14-8-7-13-20(21)22(27)26-16-15-19(17-9-3-1-4-10-17)18-11-5-2-6-12-18/h1-14,19,23H,15-16H2,(H,26,27). The van der Waals surface area contributed by atoms with Gasteiger partial charge in [-0.05, 0) is 29.7 Å². The molecule has 3 aromatic rings. The largest absolute Gasteiger partial charge is 0.434 e. The van der Waals surface area contributed by atoms with Gasteiger partial charge >= 0.3 is 6.61 Å². The number of hydrogen-bond acceptors (Lipinski definition) is 2. The zero-order valence-corrected chi connectivity index (χ0v) is 15.2. The van der Waals surface area contributed by atoms with E-state index in [1.165, 1.54) is 12.1 Å². The van der Waals surface area contributed by atoms with Crippen molar-refractivity contribution in [2.24, 2.45) is 0 Å². The van der Waals surface area contributed by atoms with Crippen LogP contribution in [0, 0.1) is 0 Å². The van der Waals surface area contributed by atoms with Crippen LogP contribution in [-0.4, -0.2) is 19.1 Å². The fraction of sp³-hybridized carbons (Fsp3) is 0.174. The fourth-order valence-electron chi connectivity index (χ4n) is 3.17. The van der Waals surface area contributed by atoms with Gasteiger partial charge < -0.3 is 10.1 Å².